The number of hydrogen-bond donors (Lipinski definition) is 0. The van der Waals surface area contributed by atoms with Crippen LogP contribution in [-0.4, -0.2) is 18.1 Å². The Kier molecular flexibility index (Phi) is 3.50. The van der Waals surface area contributed by atoms with Crippen LogP contribution in [0, 0.1) is 6.92 Å². The molecule has 0 aliphatic rings. The number of oxazole rings is 1. The molecule has 0 aromatic carbocycles. The molecule has 2 rings (SSSR count). The van der Waals surface area contributed by atoms with E-state index in [0.717, 1.165) is 12.0 Å². The van der Waals surface area contributed by atoms with Crippen molar-refractivity contribution < 1.29 is 18.4 Å². The second-order valence-electron chi connectivity index (χ2n) is 3.97. The van der Waals surface area contributed by atoms with E-state index in [1.807, 2.05) is 19.9 Å². The van der Waals surface area contributed by atoms with Gasteiger partial charge in [0, 0.05) is 5.56 Å². The van der Waals surface area contributed by atoms with Gasteiger partial charge in [-0.25, -0.2) is 9.78 Å². The number of rotatable bonds is 4. The molecule has 2 aromatic heterocycles. The van der Waals surface area contributed by atoms with Gasteiger partial charge in [0.05, 0.1) is 19.1 Å². The third kappa shape index (κ3) is 2.16. The maximum atomic E-state index is 11.6. The van der Waals surface area contributed by atoms with Gasteiger partial charge in [-0.2, -0.15) is 0 Å². The van der Waals surface area contributed by atoms with Crippen LogP contribution >= 0.6 is 0 Å². The first-order valence-electron chi connectivity index (χ1n) is 5.79. The molecule has 0 atom stereocenters. The second-order valence-corrected chi connectivity index (χ2v) is 3.97. The van der Waals surface area contributed by atoms with Gasteiger partial charge in [0.2, 0.25) is 5.76 Å². The minimum Gasteiger partial charge on any atom is -0.463 e. The van der Waals surface area contributed by atoms with Gasteiger partial charge in [-0.05, 0) is 19.4 Å². The van der Waals surface area contributed by atoms with E-state index in [1.165, 1.54) is 7.11 Å². The number of carbonyl (C=O) groups is 1. The summed E-state index contributed by atoms with van der Waals surface area (Å²) >= 11 is 0. The summed E-state index contributed by atoms with van der Waals surface area (Å²) in [7, 11) is 1.32. The summed E-state index contributed by atoms with van der Waals surface area (Å²) in [5.41, 5.74) is 1.52. The molecular weight excluding hydrogens is 234 g/mol. The summed E-state index contributed by atoms with van der Waals surface area (Å²) in [5, 5.41) is 0. The fourth-order valence-electron chi connectivity index (χ4n) is 1.70. The maximum absolute atomic E-state index is 11.6. The van der Waals surface area contributed by atoms with Crippen molar-refractivity contribution in [2.24, 2.45) is 0 Å². The van der Waals surface area contributed by atoms with Crippen molar-refractivity contribution in [1.29, 1.82) is 0 Å². The van der Waals surface area contributed by atoms with Crippen LogP contribution in [0.3, 0.4) is 0 Å². The molecule has 0 N–H and O–H groups in total. The lowest BCUT2D eigenvalue weighted by Crippen LogP contribution is -2.03. The molecule has 0 saturated heterocycles. The third-order valence-electron chi connectivity index (χ3n) is 2.61. The molecule has 0 amide bonds. The zero-order chi connectivity index (χ0) is 13.1. The van der Waals surface area contributed by atoms with Crippen molar-refractivity contribution >= 4 is 5.97 Å². The number of carbonyl (C=O) groups excluding carboxylic acids is 1. The van der Waals surface area contributed by atoms with Crippen LogP contribution in [0.5, 0.6) is 0 Å². The van der Waals surface area contributed by atoms with Crippen LogP contribution in [0.25, 0.3) is 11.7 Å². The van der Waals surface area contributed by atoms with Gasteiger partial charge in [0.15, 0.2) is 5.76 Å². The lowest BCUT2D eigenvalue weighted by atomic mass is 10.2. The molecule has 96 valence electrons. The summed E-state index contributed by atoms with van der Waals surface area (Å²) in [6.07, 6.45) is 3.09. The number of aryl methyl sites for hydroxylation is 2. The molecule has 0 unspecified atom stereocenters. The van der Waals surface area contributed by atoms with Crippen molar-refractivity contribution in [3.05, 3.63) is 29.3 Å². The van der Waals surface area contributed by atoms with Crippen LogP contribution in [-0.2, 0) is 11.2 Å². The smallest absolute Gasteiger partial charge is 0.376 e. The number of aromatic nitrogens is 1. The van der Waals surface area contributed by atoms with E-state index in [0.29, 0.717) is 23.8 Å². The lowest BCUT2D eigenvalue weighted by Gasteiger charge is -1.96. The highest BCUT2D eigenvalue weighted by Gasteiger charge is 2.23. The van der Waals surface area contributed by atoms with E-state index in [9.17, 15) is 4.79 Å². The molecular formula is C13H15NO4. The Bertz CT molecular complexity index is 553. The third-order valence-corrected chi connectivity index (χ3v) is 2.61. The van der Waals surface area contributed by atoms with Gasteiger partial charge in [-0.1, -0.05) is 13.3 Å². The lowest BCUT2D eigenvalue weighted by molar-refractivity contribution is 0.0564. The summed E-state index contributed by atoms with van der Waals surface area (Å²) in [5.74, 6) is 0.510. The van der Waals surface area contributed by atoms with Gasteiger partial charge in [-0.15, -0.1) is 0 Å². The summed E-state index contributed by atoms with van der Waals surface area (Å²) in [6.45, 7) is 3.90. The van der Waals surface area contributed by atoms with Crippen molar-refractivity contribution in [3.8, 4) is 11.7 Å². The number of esters is 1. The van der Waals surface area contributed by atoms with E-state index < -0.39 is 5.97 Å². The van der Waals surface area contributed by atoms with E-state index in [2.05, 4.69) is 9.72 Å². The van der Waals surface area contributed by atoms with Gasteiger partial charge >= 0.3 is 5.97 Å². The fraction of sp³-hybridized carbons (Fsp3) is 0.385. The number of hydrogen-bond acceptors (Lipinski definition) is 5. The van der Waals surface area contributed by atoms with Crippen LogP contribution < -0.4 is 0 Å². The first kappa shape index (κ1) is 12.4. The Balaban J connectivity index is 2.45. The van der Waals surface area contributed by atoms with Gasteiger partial charge in [-0.3, -0.25) is 0 Å². The number of methoxy groups -OCH3 is 1. The van der Waals surface area contributed by atoms with Crippen LogP contribution in [0.2, 0.25) is 0 Å². The van der Waals surface area contributed by atoms with Crippen molar-refractivity contribution in [3.63, 3.8) is 0 Å². The van der Waals surface area contributed by atoms with E-state index in [-0.39, 0.29) is 5.76 Å². The monoisotopic (exact) mass is 249 g/mol. The zero-order valence-electron chi connectivity index (χ0n) is 10.6. The standard InChI is InChI=1S/C13H15NO4/c1-4-5-9-11(13(15)16-3)18-12(14-9)10-8(2)6-7-17-10/h6-7H,4-5H2,1-3H3. The molecule has 5 heteroatoms. The van der Waals surface area contributed by atoms with Crippen molar-refractivity contribution in [1.82, 2.24) is 4.98 Å². The van der Waals surface area contributed by atoms with Gasteiger partial charge in [0.1, 0.15) is 0 Å². The molecule has 0 aliphatic carbocycles. The highest BCUT2D eigenvalue weighted by Crippen LogP contribution is 2.26. The molecule has 0 radical (unpaired) electrons. The quantitative estimate of drug-likeness (QED) is 0.779. The molecule has 0 bridgehead atoms. The van der Waals surface area contributed by atoms with E-state index in [4.69, 9.17) is 8.83 Å². The summed E-state index contributed by atoms with van der Waals surface area (Å²) in [4.78, 5) is 15.9. The number of ether oxygens (including phenoxy) is 1. The first-order valence-corrected chi connectivity index (χ1v) is 5.79. The molecule has 0 fully saturated rings. The molecule has 2 aromatic rings. The highest BCUT2D eigenvalue weighted by atomic mass is 16.5. The Morgan fingerprint density at radius 1 is 1.50 bits per heavy atom. The Labute approximate surface area is 105 Å². The maximum Gasteiger partial charge on any atom is 0.376 e. The number of furan rings is 1. The summed E-state index contributed by atoms with van der Waals surface area (Å²) < 4.78 is 15.4. The van der Waals surface area contributed by atoms with Crippen molar-refractivity contribution in [2.75, 3.05) is 7.11 Å². The van der Waals surface area contributed by atoms with Crippen LogP contribution in [0.15, 0.2) is 21.2 Å². The molecule has 18 heavy (non-hydrogen) atoms. The minimum atomic E-state index is -0.513. The summed E-state index contributed by atoms with van der Waals surface area (Å²) in [6, 6.07) is 1.82. The molecule has 5 nitrogen and oxygen atoms in total. The van der Waals surface area contributed by atoms with E-state index in [1.54, 1.807) is 6.26 Å². The van der Waals surface area contributed by atoms with Crippen molar-refractivity contribution in [2.45, 2.75) is 26.7 Å². The topological polar surface area (TPSA) is 65.5 Å². The Morgan fingerprint density at radius 2 is 2.28 bits per heavy atom. The second kappa shape index (κ2) is 5.08. The SMILES string of the molecule is CCCc1nc(-c2occc2C)oc1C(=O)OC. The molecule has 0 spiro atoms. The minimum absolute atomic E-state index is 0.158. The fourth-order valence-corrected chi connectivity index (χ4v) is 1.70. The average molecular weight is 249 g/mol. The zero-order valence-corrected chi connectivity index (χ0v) is 10.6. The highest BCUT2D eigenvalue weighted by molar-refractivity contribution is 5.87. The normalized spacial score (nSPS) is 10.6. The van der Waals surface area contributed by atoms with Crippen LogP contribution in [0.1, 0.15) is 35.2 Å². The molecule has 0 saturated carbocycles. The molecule has 2 heterocycles. The Morgan fingerprint density at radius 3 is 2.83 bits per heavy atom. The first-order chi connectivity index (χ1) is 8.67. The van der Waals surface area contributed by atoms with E-state index >= 15 is 0 Å². The Hall–Kier alpha value is -2.04. The number of nitrogens with zero attached hydrogens (tertiary/aromatic N) is 1. The molecule has 0 aliphatic heterocycles. The van der Waals surface area contributed by atoms with Gasteiger partial charge < -0.3 is 13.6 Å². The average Bonchev–Trinajstić information content (AvgIpc) is 2.95. The predicted octanol–water partition coefficient (Wildman–Crippen LogP) is 2.98. The van der Waals surface area contributed by atoms with Gasteiger partial charge in [0.25, 0.3) is 5.89 Å². The predicted molar refractivity (Wildman–Crippen MR) is 64.3 cm³/mol. The van der Waals surface area contributed by atoms with Crippen LogP contribution in [0.4, 0.5) is 0 Å². The largest absolute Gasteiger partial charge is 0.463 e.